The first-order chi connectivity index (χ1) is 8.93. The molecular weight excluding hydrogens is 327 g/mol. The molecule has 19 heavy (non-hydrogen) atoms. The van der Waals surface area contributed by atoms with E-state index in [1.54, 1.807) is 4.31 Å². The van der Waals surface area contributed by atoms with Crippen LogP contribution in [-0.2, 0) is 10.0 Å². The summed E-state index contributed by atoms with van der Waals surface area (Å²) >= 11 is 12.9. The second-order valence-electron chi connectivity index (χ2n) is 5.20. The number of nitrogens with zero attached hydrogens (tertiary/aromatic N) is 1. The Bertz CT molecular complexity index is 594. The molecule has 2 aliphatic rings. The molecule has 0 amide bonds. The van der Waals surface area contributed by atoms with Gasteiger partial charge in [0.25, 0.3) is 0 Å². The van der Waals surface area contributed by atoms with Crippen LogP contribution in [0, 0.1) is 5.41 Å². The molecule has 1 spiro atoms. The highest BCUT2D eigenvalue weighted by Crippen LogP contribution is 2.41. The maximum absolute atomic E-state index is 12.6. The second-order valence-corrected chi connectivity index (χ2v) is 9.40. The molecule has 3 rings (SSSR count). The molecule has 0 aliphatic carbocycles. The summed E-state index contributed by atoms with van der Waals surface area (Å²) in [6.45, 7) is 3.01. The van der Waals surface area contributed by atoms with Crippen LogP contribution in [0.4, 0.5) is 0 Å². The molecule has 3 heterocycles. The largest absolute Gasteiger partial charge is 0.316 e. The summed E-state index contributed by atoms with van der Waals surface area (Å²) in [5, 5.41) is 3.32. The predicted molar refractivity (Wildman–Crippen MR) is 77.6 cm³/mol. The van der Waals surface area contributed by atoms with Gasteiger partial charge in [-0.3, -0.25) is 0 Å². The highest BCUT2D eigenvalue weighted by Gasteiger charge is 2.45. The molecule has 1 unspecified atom stereocenters. The zero-order valence-electron chi connectivity index (χ0n) is 10.2. The van der Waals surface area contributed by atoms with E-state index in [-0.39, 0.29) is 14.6 Å². The molecule has 1 aromatic heterocycles. The minimum atomic E-state index is -3.51. The highest BCUT2D eigenvalue weighted by atomic mass is 35.5. The second kappa shape index (κ2) is 4.86. The third kappa shape index (κ3) is 2.43. The van der Waals surface area contributed by atoms with Crippen molar-refractivity contribution < 1.29 is 8.42 Å². The summed E-state index contributed by atoms with van der Waals surface area (Å²) in [7, 11) is -3.51. The topological polar surface area (TPSA) is 49.4 Å². The third-order valence-electron chi connectivity index (χ3n) is 3.98. The first-order valence-electron chi connectivity index (χ1n) is 6.09. The summed E-state index contributed by atoms with van der Waals surface area (Å²) in [6, 6.07) is 1.45. The molecule has 106 valence electrons. The summed E-state index contributed by atoms with van der Waals surface area (Å²) in [5.41, 5.74) is 0.110. The Balaban J connectivity index is 1.88. The van der Waals surface area contributed by atoms with Crippen molar-refractivity contribution in [2.24, 2.45) is 5.41 Å². The Morgan fingerprint density at radius 1 is 1.37 bits per heavy atom. The summed E-state index contributed by atoms with van der Waals surface area (Å²) in [4.78, 5) is 0.146. The number of nitrogens with one attached hydrogen (secondary N) is 1. The lowest BCUT2D eigenvalue weighted by Crippen LogP contribution is -2.33. The van der Waals surface area contributed by atoms with Crippen molar-refractivity contribution >= 4 is 44.6 Å². The van der Waals surface area contributed by atoms with Crippen molar-refractivity contribution in [2.45, 2.75) is 17.7 Å². The number of hydrogen-bond acceptors (Lipinski definition) is 4. The predicted octanol–water partition coefficient (Wildman–Crippen LogP) is 2.43. The average Bonchev–Trinajstić information content (AvgIpc) is 3.03. The first kappa shape index (κ1) is 14.1. The maximum Gasteiger partial charge on any atom is 0.245 e. The fourth-order valence-corrected chi connectivity index (χ4v) is 6.55. The Morgan fingerprint density at radius 3 is 2.74 bits per heavy atom. The van der Waals surface area contributed by atoms with E-state index in [4.69, 9.17) is 23.2 Å². The molecule has 2 aliphatic heterocycles. The quantitative estimate of drug-likeness (QED) is 0.899. The average molecular weight is 341 g/mol. The van der Waals surface area contributed by atoms with Crippen LogP contribution in [0.1, 0.15) is 12.8 Å². The van der Waals surface area contributed by atoms with E-state index in [1.807, 2.05) is 0 Å². The van der Waals surface area contributed by atoms with Crippen LogP contribution >= 0.6 is 34.5 Å². The van der Waals surface area contributed by atoms with Crippen molar-refractivity contribution in [3.63, 3.8) is 0 Å². The smallest absolute Gasteiger partial charge is 0.245 e. The molecule has 2 saturated heterocycles. The van der Waals surface area contributed by atoms with Crippen LogP contribution < -0.4 is 5.32 Å². The fourth-order valence-electron chi connectivity index (χ4n) is 2.88. The van der Waals surface area contributed by atoms with Gasteiger partial charge in [0.15, 0.2) is 0 Å². The van der Waals surface area contributed by atoms with Crippen LogP contribution in [0.25, 0.3) is 0 Å². The molecule has 0 bridgehead atoms. The van der Waals surface area contributed by atoms with Crippen LogP contribution in [-0.4, -0.2) is 38.9 Å². The van der Waals surface area contributed by atoms with E-state index >= 15 is 0 Å². The van der Waals surface area contributed by atoms with Crippen LogP contribution in [0.2, 0.25) is 8.67 Å². The molecule has 8 heteroatoms. The van der Waals surface area contributed by atoms with Gasteiger partial charge in [0.1, 0.15) is 9.23 Å². The van der Waals surface area contributed by atoms with Gasteiger partial charge in [0.2, 0.25) is 10.0 Å². The van der Waals surface area contributed by atoms with E-state index in [0.29, 0.717) is 17.4 Å². The van der Waals surface area contributed by atoms with Crippen LogP contribution in [0.3, 0.4) is 0 Å². The van der Waals surface area contributed by atoms with Crippen LogP contribution in [0.15, 0.2) is 11.0 Å². The third-order valence-corrected chi connectivity index (χ3v) is 7.58. The van der Waals surface area contributed by atoms with Gasteiger partial charge in [-0.05, 0) is 30.9 Å². The SMILES string of the molecule is O=S(=O)(c1cc(Cl)sc1Cl)N1CCC2(CCNC2)C1. The van der Waals surface area contributed by atoms with Crippen molar-refractivity contribution in [3.8, 4) is 0 Å². The number of halogens is 2. The lowest BCUT2D eigenvalue weighted by Gasteiger charge is -2.22. The maximum atomic E-state index is 12.6. The van der Waals surface area contributed by atoms with Gasteiger partial charge in [0, 0.05) is 19.6 Å². The Kier molecular flexibility index (Phi) is 3.61. The summed E-state index contributed by atoms with van der Waals surface area (Å²) in [6.07, 6.45) is 1.95. The first-order valence-corrected chi connectivity index (χ1v) is 9.10. The molecule has 0 aromatic carbocycles. The van der Waals surface area contributed by atoms with E-state index in [2.05, 4.69) is 5.32 Å². The number of rotatable bonds is 2. The zero-order chi connectivity index (χ0) is 13.7. The normalized spacial score (nSPS) is 28.5. The molecule has 1 atom stereocenters. The summed E-state index contributed by atoms with van der Waals surface area (Å²) in [5.74, 6) is 0. The molecule has 2 fully saturated rings. The van der Waals surface area contributed by atoms with Crippen molar-refractivity contribution in [3.05, 3.63) is 14.7 Å². The summed E-state index contributed by atoms with van der Waals surface area (Å²) < 4.78 is 27.4. The Morgan fingerprint density at radius 2 is 2.16 bits per heavy atom. The monoisotopic (exact) mass is 340 g/mol. The highest BCUT2D eigenvalue weighted by molar-refractivity contribution is 7.89. The van der Waals surface area contributed by atoms with Gasteiger partial charge in [0.05, 0.1) is 4.34 Å². The number of thiophene rings is 1. The van der Waals surface area contributed by atoms with Gasteiger partial charge in [-0.15, -0.1) is 11.3 Å². The fraction of sp³-hybridized carbons (Fsp3) is 0.636. The molecule has 0 saturated carbocycles. The van der Waals surface area contributed by atoms with Crippen molar-refractivity contribution in [1.29, 1.82) is 0 Å². The molecular formula is C11H14Cl2N2O2S2. The Labute approximate surface area is 126 Å². The minimum absolute atomic E-state index is 0.110. The van der Waals surface area contributed by atoms with Gasteiger partial charge in [-0.1, -0.05) is 23.2 Å². The Hall–Kier alpha value is 0.150. The van der Waals surface area contributed by atoms with Crippen molar-refractivity contribution in [1.82, 2.24) is 9.62 Å². The van der Waals surface area contributed by atoms with E-state index in [1.165, 1.54) is 6.07 Å². The lowest BCUT2D eigenvalue weighted by atomic mass is 9.87. The molecule has 1 N–H and O–H groups in total. The molecule has 1 aromatic rings. The zero-order valence-corrected chi connectivity index (χ0v) is 13.3. The van der Waals surface area contributed by atoms with E-state index < -0.39 is 10.0 Å². The lowest BCUT2D eigenvalue weighted by molar-refractivity contribution is 0.338. The van der Waals surface area contributed by atoms with Gasteiger partial charge in [-0.2, -0.15) is 4.31 Å². The number of hydrogen-bond donors (Lipinski definition) is 1. The minimum Gasteiger partial charge on any atom is -0.316 e. The standard InChI is InChI=1S/C11H14Cl2N2O2S2/c12-9-5-8(10(13)18-9)19(16,17)15-4-2-11(7-15)1-3-14-6-11/h5,14H,1-4,6-7H2. The van der Waals surface area contributed by atoms with Gasteiger partial charge >= 0.3 is 0 Å². The van der Waals surface area contributed by atoms with Crippen molar-refractivity contribution in [2.75, 3.05) is 26.2 Å². The molecule has 0 radical (unpaired) electrons. The van der Waals surface area contributed by atoms with Gasteiger partial charge < -0.3 is 5.32 Å². The van der Waals surface area contributed by atoms with E-state index in [9.17, 15) is 8.42 Å². The van der Waals surface area contributed by atoms with Gasteiger partial charge in [-0.25, -0.2) is 8.42 Å². The van der Waals surface area contributed by atoms with E-state index in [0.717, 1.165) is 37.3 Å². The molecule has 4 nitrogen and oxygen atoms in total. The number of sulfonamides is 1. The van der Waals surface area contributed by atoms with Crippen LogP contribution in [0.5, 0.6) is 0 Å².